The number of thiophene rings is 1. The summed E-state index contributed by atoms with van der Waals surface area (Å²) in [5.74, 6) is 0.693. The van der Waals surface area contributed by atoms with Crippen LogP contribution in [0.1, 0.15) is 51.0 Å². The Hall–Kier alpha value is -1.58. The SMILES string of the molecule is CC(CC1CCCCC1)NC(=O)NCc1ccc(Br)cc1NS(=O)(=O)c1cccs1. The quantitative estimate of drug-likeness (QED) is 0.437. The van der Waals surface area contributed by atoms with Gasteiger partial charge in [0.05, 0.1) is 5.69 Å². The predicted octanol–water partition coefficient (Wildman–Crippen LogP) is 5.47. The molecule has 6 nitrogen and oxygen atoms in total. The summed E-state index contributed by atoms with van der Waals surface area (Å²) in [6.45, 7) is 2.26. The fraction of sp³-hybridized carbons (Fsp3) is 0.476. The van der Waals surface area contributed by atoms with Crippen molar-refractivity contribution in [2.75, 3.05) is 4.72 Å². The van der Waals surface area contributed by atoms with Gasteiger partial charge in [-0.15, -0.1) is 11.3 Å². The molecule has 3 rings (SSSR count). The van der Waals surface area contributed by atoms with Gasteiger partial charge < -0.3 is 10.6 Å². The number of hydrogen-bond donors (Lipinski definition) is 3. The number of amides is 2. The lowest BCUT2D eigenvalue weighted by molar-refractivity contribution is 0.232. The lowest BCUT2D eigenvalue weighted by Crippen LogP contribution is -2.41. The van der Waals surface area contributed by atoms with Crippen LogP contribution >= 0.6 is 27.3 Å². The molecule has 0 spiro atoms. The number of rotatable bonds is 8. The van der Waals surface area contributed by atoms with Crippen LogP contribution in [0.25, 0.3) is 0 Å². The van der Waals surface area contributed by atoms with Crippen molar-refractivity contribution in [2.45, 2.75) is 62.2 Å². The van der Waals surface area contributed by atoms with Crippen LogP contribution in [0.5, 0.6) is 0 Å². The zero-order valence-corrected chi connectivity index (χ0v) is 20.2. The second-order valence-corrected chi connectivity index (χ2v) is 11.6. The van der Waals surface area contributed by atoms with Crippen molar-refractivity contribution in [1.82, 2.24) is 10.6 Å². The number of halogens is 1. The smallest absolute Gasteiger partial charge is 0.315 e. The van der Waals surface area contributed by atoms with Gasteiger partial charge in [-0.25, -0.2) is 13.2 Å². The maximum absolute atomic E-state index is 12.6. The van der Waals surface area contributed by atoms with Crippen molar-refractivity contribution in [1.29, 1.82) is 0 Å². The predicted molar refractivity (Wildman–Crippen MR) is 125 cm³/mol. The van der Waals surface area contributed by atoms with E-state index in [1.54, 1.807) is 29.6 Å². The molecule has 1 aliphatic rings. The second kappa shape index (κ2) is 10.6. The second-order valence-electron chi connectivity index (χ2n) is 7.81. The van der Waals surface area contributed by atoms with Gasteiger partial charge >= 0.3 is 6.03 Å². The van der Waals surface area contributed by atoms with Crippen molar-refractivity contribution in [2.24, 2.45) is 5.92 Å². The van der Waals surface area contributed by atoms with Crippen LogP contribution in [0.15, 0.2) is 44.4 Å². The minimum atomic E-state index is -3.66. The molecular weight excluding hydrogens is 486 g/mol. The number of nitrogens with one attached hydrogen (secondary N) is 3. The Morgan fingerprint density at radius 2 is 2.00 bits per heavy atom. The molecule has 164 valence electrons. The molecule has 0 aliphatic heterocycles. The molecule has 2 amide bonds. The van der Waals surface area contributed by atoms with Crippen molar-refractivity contribution in [3.63, 3.8) is 0 Å². The Bertz CT molecular complexity index is 942. The lowest BCUT2D eigenvalue weighted by atomic mass is 9.85. The van der Waals surface area contributed by atoms with Crippen molar-refractivity contribution in [3.05, 3.63) is 45.7 Å². The van der Waals surface area contributed by atoms with E-state index in [4.69, 9.17) is 0 Å². The molecule has 1 fully saturated rings. The van der Waals surface area contributed by atoms with Crippen LogP contribution in [-0.2, 0) is 16.6 Å². The van der Waals surface area contributed by atoms with Crippen molar-refractivity contribution < 1.29 is 13.2 Å². The van der Waals surface area contributed by atoms with Crippen LogP contribution in [0.4, 0.5) is 10.5 Å². The van der Waals surface area contributed by atoms with Crippen LogP contribution in [0.2, 0.25) is 0 Å². The number of anilines is 1. The number of urea groups is 1. The first kappa shape index (κ1) is 23.1. The summed E-state index contributed by atoms with van der Waals surface area (Å²) in [5.41, 5.74) is 1.13. The van der Waals surface area contributed by atoms with Crippen molar-refractivity contribution >= 4 is 49.0 Å². The molecular formula is C21H28BrN3O3S2. The zero-order chi connectivity index (χ0) is 21.6. The summed E-state index contributed by atoms with van der Waals surface area (Å²) >= 11 is 4.54. The molecule has 0 saturated heterocycles. The molecule has 1 aromatic heterocycles. The van der Waals surface area contributed by atoms with E-state index in [1.807, 2.05) is 13.0 Å². The summed E-state index contributed by atoms with van der Waals surface area (Å²) in [4.78, 5) is 12.4. The van der Waals surface area contributed by atoms with Crippen LogP contribution in [0, 0.1) is 5.92 Å². The summed E-state index contributed by atoms with van der Waals surface area (Å²) in [6, 6.07) is 8.44. The average Bonchev–Trinajstić information content (AvgIpc) is 3.23. The van der Waals surface area contributed by atoms with E-state index in [-0.39, 0.29) is 22.8 Å². The molecule has 1 saturated carbocycles. The molecule has 1 atom stereocenters. The van der Waals surface area contributed by atoms with Gasteiger partial charge in [-0.1, -0.05) is 60.2 Å². The number of carbonyl (C=O) groups excluding carboxylic acids is 1. The molecule has 1 aromatic carbocycles. The summed E-state index contributed by atoms with van der Waals surface area (Å²) in [5, 5.41) is 7.57. The maximum Gasteiger partial charge on any atom is 0.315 e. The normalized spacial score (nSPS) is 16.1. The van der Waals surface area contributed by atoms with Gasteiger partial charge in [0, 0.05) is 17.1 Å². The van der Waals surface area contributed by atoms with E-state index < -0.39 is 10.0 Å². The van der Waals surface area contributed by atoms with Gasteiger partial charge in [-0.3, -0.25) is 4.72 Å². The van der Waals surface area contributed by atoms with Crippen LogP contribution in [0.3, 0.4) is 0 Å². The lowest BCUT2D eigenvalue weighted by Gasteiger charge is -2.25. The van der Waals surface area contributed by atoms with Gasteiger partial charge in [0.15, 0.2) is 0 Å². The first-order chi connectivity index (χ1) is 14.3. The van der Waals surface area contributed by atoms with Gasteiger partial charge in [-0.05, 0) is 48.4 Å². The highest BCUT2D eigenvalue weighted by Gasteiger charge is 2.19. The molecule has 0 radical (unpaired) electrons. The van der Waals surface area contributed by atoms with Gasteiger partial charge in [0.1, 0.15) is 4.21 Å². The third-order valence-electron chi connectivity index (χ3n) is 5.30. The summed E-state index contributed by atoms with van der Waals surface area (Å²) in [7, 11) is -3.66. The number of hydrogen-bond acceptors (Lipinski definition) is 4. The van der Waals surface area contributed by atoms with E-state index in [0.29, 0.717) is 17.2 Å². The van der Waals surface area contributed by atoms with Crippen LogP contribution in [-0.4, -0.2) is 20.5 Å². The highest BCUT2D eigenvalue weighted by molar-refractivity contribution is 9.10. The van der Waals surface area contributed by atoms with E-state index in [2.05, 4.69) is 31.3 Å². The fourth-order valence-electron chi connectivity index (χ4n) is 3.84. The molecule has 0 bridgehead atoms. The Labute approximate surface area is 191 Å². The number of carbonyl (C=O) groups is 1. The van der Waals surface area contributed by atoms with E-state index in [0.717, 1.165) is 22.2 Å². The standard InChI is InChI=1S/C21H28BrN3O3S2/c1-15(12-16-6-3-2-4-7-16)24-21(26)23-14-17-9-10-18(22)13-19(17)25-30(27,28)20-8-5-11-29-20/h5,8-11,13,15-16,25H,2-4,6-7,12,14H2,1H3,(H2,23,24,26). The summed E-state index contributed by atoms with van der Waals surface area (Å²) in [6.07, 6.45) is 7.40. The largest absolute Gasteiger partial charge is 0.336 e. The third-order valence-corrected chi connectivity index (χ3v) is 8.56. The minimum Gasteiger partial charge on any atom is -0.336 e. The van der Waals surface area contributed by atoms with E-state index >= 15 is 0 Å². The Morgan fingerprint density at radius 1 is 1.23 bits per heavy atom. The molecule has 30 heavy (non-hydrogen) atoms. The Kier molecular flexibility index (Phi) is 8.19. The van der Waals surface area contributed by atoms with Crippen molar-refractivity contribution in [3.8, 4) is 0 Å². The first-order valence-electron chi connectivity index (χ1n) is 10.2. The maximum atomic E-state index is 12.6. The molecule has 1 unspecified atom stereocenters. The molecule has 3 N–H and O–H groups in total. The highest BCUT2D eigenvalue weighted by Crippen LogP contribution is 2.28. The Morgan fingerprint density at radius 3 is 2.70 bits per heavy atom. The van der Waals surface area contributed by atoms with Gasteiger partial charge in [0.25, 0.3) is 10.0 Å². The first-order valence-corrected chi connectivity index (χ1v) is 13.4. The molecule has 1 aliphatic carbocycles. The molecule has 9 heteroatoms. The minimum absolute atomic E-state index is 0.106. The number of benzene rings is 1. The van der Waals surface area contributed by atoms with E-state index in [1.165, 1.54) is 32.1 Å². The van der Waals surface area contributed by atoms with Crippen LogP contribution < -0.4 is 15.4 Å². The van der Waals surface area contributed by atoms with Gasteiger partial charge in [0.2, 0.25) is 0 Å². The fourth-order valence-corrected chi connectivity index (χ4v) is 6.29. The third kappa shape index (κ3) is 6.72. The molecule has 2 aromatic rings. The topological polar surface area (TPSA) is 87.3 Å². The van der Waals surface area contributed by atoms with E-state index in [9.17, 15) is 13.2 Å². The highest BCUT2D eigenvalue weighted by atomic mass is 79.9. The number of sulfonamides is 1. The average molecular weight is 515 g/mol. The van der Waals surface area contributed by atoms with Gasteiger partial charge in [-0.2, -0.15) is 0 Å². The summed E-state index contributed by atoms with van der Waals surface area (Å²) < 4.78 is 28.8. The molecule has 1 heterocycles. The zero-order valence-electron chi connectivity index (χ0n) is 17.0. The monoisotopic (exact) mass is 513 g/mol. The Balaban J connectivity index is 1.57.